The summed E-state index contributed by atoms with van der Waals surface area (Å²) >= 11 is 0. The van der Waals surface area contributed by atoms with Crippen molar-refractivity contribution >= 4 is 0 Å². The Morgan fingerprint density at radius 2 is 1.75 bits per heavy atom. The van der Waals surface area contributed by atoms with E-state index in [1.165, 1.54) is 70.8 Å². The van der Waals surface area contributed by atoms with Gasteiger partial charge in [-0.05, 0) is 77.6 Å². The second-order valence-electron chi connectivity index (χ2n) is 8.92. The number of rotatable bonds is 3. The van der Waals surface area contributed by atoms with E-state index in [0.29, 0.717) is 5.41 Å². The molecule has 0 aromatic carbocycles. The summed E-state index contributed by atoms with van der Waals surface area (Å²) in [5.41, 5.74) is 3.34. The third kappa shape index (κ3) is 2.84. The average Bonchev–Trinajstić information content (AvgIpc) is 2.84. The molecular formula is C19H33N. The van der Waals surface area contributed by atoms with E-state index in [1.54, 1.807) is 0 Å². The molecule has 1 heteroatoms. The van der Waals surface area contributed by atoms with Crippen molar-refractivity contribution in [3.8, 4) is 0 Å². The summed E-state index contributed by atoms with van der Waals surface area (Å²) < 4.78 is 0. The third-order valence-corrected chi connectivity index (χ3v) is 6.02. The third-order valence-electron chi connectivity index (χ3n) is 6.02. The van der Waals surface area contributed by atoms with Gasteiger partial charge in [-0.15, -0.1) is 0 Å². The van der Waals surface area contributed by atoms with Crippen LogP contribution in [-0.2, 0) is 0 Å². The van der Waals surface area contributed by atoms with Crippen molar-refractivity contribution in [2.45, 2.75) is 90.5 Å². The van der Waals surface area contributed by atoms with Crippen LogP contribution in [0.1, 0.15) is 85.0 Å². The summed E-state index contributed by atoms with van der Waals surface area (Å²) in [5, 5.41) is 3.83. The van der Waals surface area contributed by atoms with Gasteiger partial charge in [0.15, 0.2) is 0 Å². The summed E-state index contributed by atoms with van der Waals surface area (Å²) in [7, 11) is 0. The van der Waals surface area contributed by atoms with Gasteiger partial charge in [-0.1, -0.05) is 24.5 Å². The molecule has 3 rings (SSSR count). The lowest BCUT2D eigenvalue weighted by atomic mass is 9.48. The van der Waals surface area contributed by atoms with E-state index in [0.717, 1.165) is 5.41 Å². The quantitative estimate of drug-likeness (QED) is 0.697. The van der Waals surface area contributed by atoms with Crippen LogP contribution in [0, 0.1) is 10.8 Å². The molecule has 0 saturated heterocycles. The maximum Gasteiger partial charge on any atom is 0.00968 e. The summed E-state index contributed by atoms with van der Waals surface area (Å²) in [6.07, 6.45) is 17.1. The maximum absolute atomic E-state index is 3.83. The molecule has 0 aromatic heterocycles. The minimum absolute atomic E-state index is 0.251. The normalized spacial score (nSPS) is 28.2. The Morgan fingerprint density at radius 3 is 2.30 bits per heavy atom. The van der Waals surface area contributed by atoms with Crippen molar-refractivity contribution in [1.82, 2.24) is 5.32 Å². The van der Waals surface area contributed by atoms with Gasteiger partial charge in [0.1, 0.15) is 0 Å². The first-order valence-electron chi connectivity index (χ1n) is 8.88. The molecule has 0 aromatic rings. The van der Waals surface area contributed by atoms with Crippen LogP contribution in [0.4, 0.5) is 0 Å². The van der Waals surface area contributed by atoms with E-state index in [9.17, 15) is 0 Å². The predicted octanol–water partition coefficient (Wildman–Crippen LogP) is 5.22. The van der Waals surface area contributed by atoms with Crippen LogP contribution in [0.5, 0.6) is 0 Å². The van der Waals surface area contributed by atoms with Gasteiger partial charge in [0.2, 0.25) is 0 Å². The first-order chi connectivity index (χ1) is 9.43. The number of hydrogen-bond donors (Lipinski definition) is 1. The summed E-state index contributed by atoms with van der Waals surface area (Å²) in [5.74, 6) is 0. The number of allylic oxidation sites excluding steroid dienone is 1. The van der Waals surface area contributed by atoms with E-state index in [2.05, 4.69) is 32.2 Å². The Hall–Kier alpha value is -0.300. The predicted molar refractivity (Wildman–Crippen MR) is 86.9 cm³/mol. The van der Waals surface area contributed by atoms with Gasteiger partial charge in [-0.2, -0.15) is 0 Å². The molecule has 3 aliphatic rings. The van der Waals surface area contributed by atoms with Crippen LogP contribution < -0.4 is 5.32 Å². The minimum atomic E-state index is 0.251. The molecule has 1 nitrogen and oxygen atoms in total. The smallest absolute Gasteiger partial charge is 0.00968 e. The second-order valence-corrected chi connectivity index (χ2v) is 8.92. The SMILES string of the molecule is CC(C)(C)NCC1(C2=CCCCC2)CC2(CCCC2)C1. The molecule has 20 heavy (non-hydrogen) atoms. The molecule has 0 aliphatic heterocycles. The Kier molecular flexibility index (Phi) is 3.77. The summed E-state index contributed by atoms with van der Waals surface area (Å²) in [6.45, 7) is 8.13. The van der Waals surface area contributed by atoms with Crippen LogP contribution >= 0.6 is 0 Å². The number of hydrogen-bond acceptors (Lipinski definition) is 1. The monoisotopic (exact) mass is 275 g/mol. The summed E-state index contributed by atoms with van der Waals surface area (Å²) in [6, 6.07) is 0. The van der Waals surface area contributed by atoms with Crippen molar-refractivity contribution in [3.63, 3.8) is 0 Å². The lowest BCUT2D eigenvalue weighted by Gasteiger charge is -2.58. The van der Waals surface area contributed by atoms with Crippen molar-refractivity contribution in [2.24, 2.45) is 10.8 Å². The van der Waals surface area contributed by atoms with Crippen molar-refractivity contribution in [2.75, 3.05) is 6.54 Å². The molecular weight excluding hydrogens is 242 g/mol. The summed E-state index contributed by atoms with van der Waals surface area (Å²) in [4.78, 5) is 0. The number of nitrogens with one attached hydrogen (secondary N) is 1. The van der Waals surface area contributed by atoms with E-state index < -0.39 is 0 Å². The van der Waals surface area contributed by atoms with Crippen molar-refractivity contribution in [1.29, 1.82) is 0 Å². The Labute approximate surface area is 125 Å². The van der Waals surface area contributed by atoms with Crippen LogP contribution in [0.2, 0.25) is 0 Å². The highest BCUT2D eigenvalue weighted by Crippen LogP contribution is 2.65. The van der Waals surface area contributed by atoms with Gasteiger partial charge in [0, 0.05) is 17.5 Å². The largest absolute Gasteiger partial charge is 0.311 e. The molecule has 0 radical (unpaired) electrons. The van der Waals surface area contributed by atoms with Gasteiger partial charge < -0.3 is 5.32 Å². The molecule has 0 bridgehead atoms. The van der Waals surface area contributed by atoms with E-state index >= 15 is 0 Å². The lowest BCUT2D eigenvalue weighted by molar-refractivity contribution is -0.0136. The standard InChI is InChI=1S/C19H33N/c1-17(2,3)20-15-19(16-9-5-4-6-10-16)13-18(14-19)11-7-8-12-18/h9,20H,4-8,10-15H2,1-3H3. The highest BCUT2D eigenvalue weighted by molar-refractivity contribution is 5.25. The van der Waals surface area contributed by atoms with Crippen LogP contribution in [0.3, 0.4) is 0 Å². The average molecular weight is 275 g/mol. The van der Waals surface area contributed by atoms with Crippen molar-refractivity contribution in [3.05, 3.63) is 11.6 Å². The first kappa shape index (κ1) is 14.6. The molecule has 0 atom stereocenters. The molecule has 0 amide bonds. The minimum Gasteiger partial charge on any atom is -0.311 e. The van der Waals surface area contributed by atoms with Crippen LogP contribution in [0.25, 0.3) is 0 Å². The molecule has 0 unspecified atom stereocenters. The fourth-order valence-electron chi connectivity index (χ4n) is 5.08. The topological polar surface area (TPSA) is 12.0 Å². The molecule has 2 saturated carbocycles. The zero-order chi connectivity index (χ0) is 14.3. The molecule has 2 fully saturated rings. The maximum atomic E-state index is 3.83. The second kappa shape index (κ2) is 5.16. The Balaban J connectivity index is 1.72. The zero-order valence-corrected chi connectivity index (χ0v) is 13.9. The molecule has 1 N–H and O–H groups in total. The van der Waals surface area contributed by atoms with Crippen LogP contribution in [-0.4, -0.2) is 12.1 Å². The highest BCUT2D eigenvalue weighted by atomic mass is 15.0. The van der Waals surface area contributed by atoms with Gasteiger partial charge in [0.05, 0.1) is 0 Å². The van der Waals surface area contributed by atoms with Gasteiger partial charge in [0.25, 0.3) is 0 Å². The van der Waals surface area contributed by atoms with E-state index in [4.69, 9.17) is 0 Å². The van der Waals surface area contributed by atoms with Gasteiger partial charge in [-0.25, -0.2) is 0 Å². The lowest BCUT2D eigenvalue weighted by Crippen LogP contribution is -2.54. The van der Waals surface area contributed by atoms with E-state index in [-0.39, 0.29) is 5.54 Å². The molecule has 114 valence electrons. The molecule has 1 spiro atoms. The molecule has 3 aliphatic carbocycles. The highest BCUT2D eigenvalue weighted by Gasteiger charge is 2.56. The Morgan fingerprint density at radius 1 is 1.05 bits per heavy atom. The van der Waals surface area contributed by atoms with Gasteiger partial charge >= 0.3 is 0 Å². The fourth-order valence-corrected chi connectivity index (χ4v) is 5.08. The zero-order valence-electron chi connectivity index (χ0n) is 13.9. The van der Waals surface area contributed by atoms with Crippen molar-refractivity contribution < 1.29 is 0 Å². The molecule has 0 heterocycles. The van der Waals surface area contributed by atoms with E-state index in [1.807, 2.05) is 5.57 Å². The fraction of sp³-hybridized carbons (Fsp3) is 0.895. The van der Waals surface area contributed by atoms with Crippen LogP contribution in [0.15, 0.2) is 11.6 Å². The first-order valence-corrected chi connectivity index (χ1v) is 8.88. The Bertz CT molecular complexity index is 371. The van der Waals surface area contributed by atoms with Gasteiger partial charge in [-0.3, -0.25) is 0 Å².